The zero-order valence-corrected chi connectivity index (χ0v) is 20.4. The average Bonchev–Trinajstić information content (AvgIpc) is 3.19. The molecule has 5 N–H and O–H groups in total. The number of carbonyl (C=O) groups is 2. The number of hydrogen-bond acceptors (Lipinski definition) is 4. The highest BCUT2D eigenvalue weighted by Gasteiger charge is 2.23. The van der Waals surface area contributed by atoms with E-state index in [0.29, 0.717) is 35.5 Å². The number of fused-ring (bicyclic) bond motifs is 1. The Morgan fingerprint density at radius 1 is 1.12 bits per heavy atom. The molecule has 7 nitrogen and oxygen atoms in total. The van der Waals surface area contributed by atoms with Crippen molar-refractivity contribution in [1.29, 1.82) is 0 Å². The molecule has 0 aliphatic carbocycles. The van der Waals surface area contributed by atoms with Crippen molar-refractivity contribution in [1.82, 2.24) is 15.6 Å². The van der Waals surface area contributed by atoms with Crippen molar-refractivity contribution in [2.24, 2.45) is 5.92 Å². The molecule has 3 rings (SSSR count). The highest BCUT2D eigenvalue weighted by atomic mass is 35.5. The molecule has 3 atom stereocenters. The van der Waals surface area contributed by atoms with Gasteiger partial charge in [0.25, 0.3) is 5.91 Å². The first-order valence-electron chi connectivity index (χ1n) is 11.4. The van der Waals surface area contributed by atoms with Gasteiger partial charge in [-0.25, -0.2) is 4.79 Å². The number of aromatic amines is 1. The second kappa shape index (κ2) is 11.5. The fourth-order valence-corrected chi connectivity index (χ4v) is 4.24. The summed E-state index contributed by atoms with van der Waals surface area (Å²) in [6.45, 7) is 6.25. The molecular weight excluding hydrogens is 454 g/mol. The average molecular weight is 486 g/mol. The number of carboxylic acid groups (broad SMARTS) is 1. The third-order valence-electron chi connectivity index (χ3n) is 5.78. The number of nitrogens with one attached hydrogen (secondary N) is 3. The van der Waals surface area contributed by atoms with Gasteiger partial charge < -0.3 is 25.8 Å². The Hall–Kier alpha value is -2.87. The maximum atomic E-state index is 12.9. The van der Waals surface area contributed by atoms with Gasteiger partial charge in [0, 0.05) is 29.2 Å². The van der Waals surface area contributed by atoms with Crippen molar-refractivity contribution in [3.8, 4) is 0 Å². The quantitative estimate of drug-likeness (QED) is 0.278. The maximum Gasteiger partial charge on any atom is 0.326 e. The molecule has 1 amide bonds. The number of halogens is 1. The summed E-state index contributed by atoms with van der Waals surface area (Å²) in [4.78, 5) is 27.6. The van der Waals surface area contributed by atoms with E-state index in [-0.39, 0.29) is 12.0 Å². The van der Waals surface area contributed by atoms with E-state index in [1.54, 1.807) is 24.3 Å². The van der Waals surface area contributed by atoms with Gasteiger partial charge in [-0.15, -0.1) is 0 Å². The number of benzene rings is 2. The van der Waals surface area contributed by atoms with Crippen molar-refractivity contribution in [3.63, 3.8) is 0 Å². The number of aromatic nitrogens is 1. The van der Waals surface area contributed by atoms with Gasteiger partial charge in [0.15, 0.2) is 0 Å². The van der Waals surface area contributed by atoms with Crippen molar-refractivity contribution in [2.75, 3.05) is 6.54 Å². The topological polar surface area (TPSA) is 114 Å². The minimum atomic E-state index is -1.04. The van der Waals surface area contributed by atoms with Gasteiger partial charge in [-0.3, -0.25) is 4.79 Å². The Kier molecular flexibility index (Phi) is 8.72. The molecule has 0 radical (unpaired) electrons. The number of carboxylic acids is 1. The van der Waals surface area contributed by atoms with Crippen LogP contribution in [0.25, 0.3) is 10.9 Å². The van der Waals surface area contributed by atoms with Gasteiger partial charge in [0.2, 0.25) is 0 Å². The van der Waals surface area contributed by atoms with E-state index >= 15 is 0 Å². The lowest BCUT2D eigenvalue weighted by atomic mass is 10.0. The lowest BCUT2D eigenvalue weighted by molar-refractivity contribution is -0.139. The second-order valence-corrected chi connectivity index (χ2v) is 9.56. The van der Waals surface area contributed by atoms with E-state index in [4.69, 9.17) is 11.6 Å². The predicted octanol–water partition coefficient (Wildman–Crippen LogP) is 4.30. The number of amides is 1. The Bertz CT molecular complexity index is 1140. The fourth-order valence-electron chi connectivity index (χ4n) is 4.05. The van der Waals surface area contributed by atoms with Gasteiger partial charge in [-0.1, -0.05) is 49.7 Å². The normalized spacial score (nSPS) is 14.2. The molecule has 0 aliphatic rings. The molecule has 0 spiro atoms. The Labute approximate surface area is 204 Å². The molecule has 1 heterocycles. The van der Waals surface area contributed by atoms with Crippen LogP contribution in [-0.2, 0) is 11.2 Å². The van der Waals surface area contributed by atoms with Gasteiger partial charge in [0.05, 0.1) is 17.2 Å². The Morgan fingerprint density at radius 2 is 1.85 bits per heavy atom. The number of H-pyrrole nitrogens is 1. The first kappa shape index (κ1) is 25.7. The van der Waals surface area contributed by atoms with E-state index in [1.165, 1.54) is 0 Å². The molecule has 0 bridgehead atoms. The molecule has 0 aliphatic heterocycles. The van der Waals surface area contributed by atoms with Crippen molar-refractivity contribution < 1.29 is 19.8 Å². The van der Waals surface area contributed by atoms with Gasteiger partial charge in [0.1, 0.15) is 6.04 Å². The summed E-state index contributed by atoms with van der Waals surface area (Å²) < 4.78 is 0. The van der Waals surface area contributed by atoms with Gasteiger partial charge >= 0.3 is 5.97 Å². The lowest BCUT2D eigenvalue weighted by Crippen LogP contribution is -2.41. The number of para-hydroxylation sites is 1. The molecule has 8 heteroatoms. The Balaban J connectivity index is 1.67. The molecular formula is C26H32ClN3O4. The number of aliphatic carboxylic acids is 1. The smallest absolute Gasteiger partial charge is 0.326 e. The number of aliphatic hydroxyl groups is 1. The first-order valence-corrected chi connectivity index (χ1v) is 11.8. The van der Waals surface area contributed by atoms with Gasteiger partial charge in [-0.2, -0.15) is 0 Å². The number of hydrogen-bond donors (Lipinski definition) is 5. The van der Waals surface area contributed by atoms with E-state index in [9.17, 15) is 19.8 Å². The summed E-state index contributed by atoms with van der Waals surface area (Å²) in [5.41, 5.74) is 2.87. The van der Waals surface area contributed by atoms with Crippen LogP contribution in [0.2, 0.25) is 5.02 Å². The third kappa shape index (κ3) is 6.59. The van der Waals surface area contributed by atoms with Crippen LogP contribution in [0, 0.1) is 5.92 Å². The molecule has 0 saturated carbocycles. The minimum Gasteiger partial charge on any atom is -0.480 e. The van der Waals surface area contributed by atoms with Crippen LogP contribution in [0.4, 0.5) is 0 Å². The SMILES string of the molecule is CC(C)C[C@H](NC(=O)c1cccc2c(C[C@@H](C)NC[C@H](O)c3cccc(Cl)c3)c[nH]c12)C(=O)O. The Morgan fingerprint density at radius 3 is 2.53 bits per heavy atom. The molecule has 182 valence electrons. The highest BCUT2D eigenvalue weighted by Crippen LogP contribution is 2.24. The minimum absolute atomic E-state index is 0.0627. The summed E-state index contributed by atoms with van der Waals surface area (Å²) >= 11 is 6.01. The van der Waals surface area contributed by atoms with Crippen LogP contribution in [0.5, 0.6) is 0 Å². The maximum absolute atomic E-state index is 12.9. The summed E-state index contributed by atoms with van der Waals surface area (Å²) in [6.07, 6.45) is 2.23. The monoisotopic (exact) mass is 485 g/mol. The second-order valence-electron chi connectivity index (χ2n) is 9.12. The van der Waals surface area contributed by atoms with Crippen molar-refractivity contribution in [2.45, 2.75) is 51.8 Å². The summed E-state index contributed by atoms with van der Waals surface area (Å²) in [6, 6.07) is 11.7. The molecule has 1 aromatic heterocycles. The zero-order valence-electron chi connectivity index (χ0n) is 19.6. The molecule has 0 fully saturated rings. The number of aliphatic hydroxyl groups excluding tert-OH is 1. The highest BCUT2D eigenvalue weighted by molar-refractivity contribution is 6.30. The van der Waals surface area contributed by atoms with Crippen LogP contribution < -0.4 is 10.6 Å². The molecule has 3 aromatic rings. The molecule has 0 unspecified atom stereocenters. The van der Waals surface area contributed by atoms with E-state index in [1.807, 2.05) is 45.2 Å². The molecule has 2 aromatic carbocycles. The van der Waals surface area contributed by atoms with Crippen LogP contribution in [0.3, 0.4) is 0 Å². The summed E-state index contributed by atoms with van der Waals surface area (Å²) in [7, 11) is 0. The predicted molar refractivity (Wildman–Crippen MR) is 134 cm³/mol. The van der Waals surface area contributed by atoms with Gasteiger partial charge in [-0.05, 0) is 55.0 Å². The van der Waals surface area contributed by atoms with E-state index < -0.39 is 24.0 Å². The lowest BCUT2D eigenvalue weighted by Gasteiger charge is -2.18. The van der Waals surface area contributed by atoms with Crippen LogP contribution in [-0.4, -0.2) is 45.7 Å². The van der Waals surface area contributed by atoms with Crippen molar-refractivity contribution in [3.05, 3.63) is 70.4 Å². The summed E-state index contributed by atoms with van der Waals surface area (Å²) in [5.74, 6) is -1.32. The van der Waals surface area contributed by atoms with E-state index in [0.717, 1.165) is 16.5 Å². The summed E-state index contributed by atoms with van der Waals surface area (Å²) in [5, 5.41) is 27.4. The molecule has 0 saturated heterocycles. The fraction of sp³-hybridized carbons (Fsp3) is 0.385. The number of rotatable bonds is 11. The van der Waals surface area contributed by atoms with Crippen molar-refractivity contribution >= 4 is 34.4 Å². The zero-order chi connectivity index (χ0) is 24.8. The van der Waals surface area contributed by atoms with Crippen LogP contribution in [0.1, 0.15) is 54.8 Å². The standard InChI is InChI=1S/C26H32ClN3O4/c1-15(2)10-22(26(33)34)30-25(32)21-9-5-8-20-18(13-29-24(20)21)11-16(3)28-14-23(31)17-6-4-7-19(27)12-17/h4-9,12-13,15-16,22-23,28-29,31H,10-11,14H2,1-3H3,(H,30,32)(H,33,34)/t16-,22+,23+/m1/s1. The van der Waals surface area contributed by atoms with Crippen LogP contribution >= 0.6 is 11.6 Å². The first-order chi connectivity index (χ1) is 16.2. The largest absolute Gasteiger partial charge is 0.480 e. The number of carbonyl (C=O) groups excluding carboxylic acids is 1. The van der Waals surface area contributed by atoms with E-state index in [2.05, 4.69) is 15.6 Å². The molecule has 34 heavy (non-hydrogen) atoms. The van der Waals surface area contributed by atoms with Crippen LogP contribution in [0.15, 0.2) is 48.7 Å². The third-order valence-corrected chi connectivity index (χ3v) is 6.01.